The Labute approximate surface area is 140 Å². The van der Waals surface area contributed by atoms with E-state index in [-0.39, 0.29) is 18.1 Å². The lowest BCUT2D eigenvalue weighted by molar-refractivity contribution is -0.131. The number of carbonyl (C=O) groups is 2. The maximum Gasteiger partial charge on any atom is 0.273 e. The minimum absolute atomic E-state index is 0.0317. The van der Waals surface area contributed by atoms with Crippen LogP contribution in [0.4, 0.5) is 0 Å². The van der Waals surface area contributed by atoms with Crippen LogP contribution in [0.5, 0.6) is 0 Å². The fourth-order valence-electron chi connectivity index (χ4n) is 2.53. The summed E-state index contributed by atoms with van der Waals surface area (Å²) in [7, 11) is 2.03. The summed E-state index contributed by atoms with van der Waals surface area (Å²) in [5.74, 6) is 0.0257. The molecule has 7 heteroatoms. The number of hydrogen-bond acceptors (Lipinski definition) is 5. The molecule has 1 aliphatic heterocycles. The van der Waals surface area contributed by atoms with Gasteiger partial charge in [-0.25, -0.2) is 0 Å². The predicted octanol–water partition coefficient (Wildman–Crippen LogP) is 0.845. The van der Waals surface area contributed by atoms with Crippen LogP contribution in [0, 0.1) is 0 Å². The highest BCUT2D eigenvalue weighted by Crippen LogP contribution is 2.19. The molecule has 0 aliphatic carbocycles. The van der Waals surface area contributed by atoms with E-state index in [4.69, 9.17) is 4.52 Å². The van der Waals surface area contributed by atoms with E-state index in [0.29, 0.717) is 18.8 Å². The van der Waals surface area contributed by atoms with Gasteiger partial charge in [-0.1, -0.05) is 35.5 Å². The SMILES string of the molecule is CN1CCN(C(=O)CNC(=O)c2cc(-c3ccccc3)on2)CC1. The van der Waals surface area contributed by atoms with E-state index in [9.17, 15) is 9.59 Å². The van der Waals surface area contributed by atoms with E-state index in [0.717, 1.165) is 18.7 Å². The summed E-state index contributed by atoms with van der Waals surface area (Å²) in [4.78, 5) is 28.2. The lowest BCUT2D eigenvalue weighted by Gasteiger charge is -2.32. The molecule has 1 aromatic heterocycles. The summed E-state index contributed by atoms with van der Waals surface area (Å²) in [5, 5.41) is 6.38. The predicted molar refractivity (Wildman–Crippen MR) is 88.3 cm³/mol. The van der Waals surface area contributed by atoms with Crippen molar-refractivity contribution in [2.24, 2.45) is 0 Å². The van der Waals surface area contributed by atoms with Gasteiger partial charge in [-0.3, -0.25) is 9.59 Å². The molecule has 0 spiro atoms. The van der Waals surface area contributed by atoms with Gasteiger partial charge >= 0.3 is 0 Å². The van der Waals surface area contributed by atoms with Gasteiger partial charge in [0.25, 0.3) is 5.91 Å². The Morgan fingerprint density at radius 1 is 1.17 bits per heavy atom. The van der Waals surface area contributed by atoms with Crippen LogP contribution in [0.2, 0.25) is 0 Å². The van der Waals surface area contributed by atoms with Crippen LogP contribution >= 0.6 is 0 Å². The first-order valence-electron chi connectivity index (χ1n) is 7.90. The Hall–Kier alpha value is -2.67. The third kappa shape index (κ3) is 3.80. The number of nitrogens with one attached hydrogen (secondary N) is 1. The van der Waals surface area contributed by atoms with Crippen molar-refractivity contribution in [3.63, 3.8) is 0 Å². The quantitative estimate of drug-likeness (QED) is 0.900. The Balaban J connectivity index is 1.54. The highest BCUT2D eigenvalue weighted by Gasteiger charge is 2.20. The molecule has 2 heterocycles. The minimum Gasteiger partial charge on any atom is -0.355 e. The van der Waals surface area contributed by atoms with Crippen LogP contribution in [0.15, 0.2) is 40.9 Å². The zero-order valence-corrected chi connectivity index (χ0v) is 13.6. The lowest BCUT2D eigenvalue weighted by Crippen LogP contribution is -2.50. The minimum atomic E-state index is -0.414. The van der Waals surface area contributed by atoms with Crippen molar-refractivity contribution in [1.82, 2.24) is 20.3 Å². The molecular weight excluding hydrogens is 308 g/mol. The number of rotatable bonds is 4. The number of benzene rings is 1. The summed E-state index contributed by atoms with van der Waals surface area (Å²) >= 11 is 0. The second-order valence-electron chi connectivity index (χ2n) is 5.81. The van der Waals surface area contributed by atoms with Gasteiger partial charge in [0.1, 0.15) is 0 Å². The molecule has 0 atom stereocenters. The highest BCUT2D eigenvalue weighted by molar-refractivity contribution is 5.95. The molecule has 3 rings (SSSR count). The molecule has 2 aromatic rings. The maximum atomic E-state index is 12.1. The van der Waals surface area contributed by atoms with E-state index in [2.05, 4.69) is 15.4 Å². The molecule has 1 aliphatic rings. The number of nitrogens with zero attached hydrogens (tertiary/aromatic N) is 3. The normalized spacial score (nSPS) is 15.3. The number of piperazine rings is 1. The van der Waals surface area contributed by atoms with Crippen molar-refractivity contribution >= 4 is 11.8 Å². The maximum absolute atomic E-state index is 12.1. The third-order valence-corrected chi connectivity index (χ3v) is 4.06. The number of amides is 2. The monoisotopic (exact) mass is 328 g/mol. The largest absolute Gasteiger partial charge is 0.355 e. The number of carbonyl (C=O) groups excluding carboxylic acids is 2. The lowest BCUT2D eigenvalue weighted by atomic mass is 10.1. The third-order valence-electron chi connectivity index (χ3n) is 4.06. The molecule has 24 heavy (non-hydrogen) atoms. The van der Waals surface area contributed by atoms with Gasteiger partial charge < -0.3 is 19.6 Å². The fraction of sp³-hybridized carbons (Fsp3) is 0.353. The number of likely N-dealkylation sites (N-methyl/N-ethyl adjacent to an activating group) is 1. The molecule has 126 valence electrons. The Kier molecular flexibility index (Phi) is 4.90. The topological polar surface area (TPSA) is 78.7 Å². The number of aromatic nitrogens is 1. The molecule has 7 nitrogen and oxygen atoms in total. The molecule has 0 unspecified atom stereocenters. The van der Waals surface area contributed by atoms with Crippen LogP contribution in [0.25, 0.3) is 11.3 Å². The van der Waals surface area contributed by atoms with Crippen molar-refractivity contribution < 1.29 is 14.1 Å². The standard InChI is InChI=1S/C17H20N4O3/c1-20-7-9-21(10-8-20)16(22)12-18-17(23)14-11-15(24-19-14)13-5-3-2-4-6-13/h2-6,11H,7-10,12H2,1H3,(H,18,23). The van der Waals surface area contributed by atoms with E-state index in [1.807, 2.05) is 37.4 Å². The van der Waals surface area contributed by atoms with Gasteiger partial charge in [-0.2, -0.15) is 0 Å². The molecular formula is C17H20N4O3. The second kappa shape index (κ2) is 7.27. The Bertz CT molecular complexity index is 706. The van der Waals surface area contributed by atoms with Crippen molar-refractivity contribution in [2.45, 2.75) is 0 Å². The molecule has 1 N–H and O–H groups in total. The summed E-state index contributed by atoms with van der Waals surface area (Å²) in [6, 6.07) is 11.0. The van der Waals surface area contributed by atoms with E-state index >= 15 is 0 Å². The van der Waals surface area contributed by atoms with E-state index in [1.165, 1.54) is 0 Å². The molecule has 0 bridgehead atoms. The molecule has 0 saturated carbocycles. The smallest absolute Gasteiger partial charge is 0.273 e. The van der Waals surface area contributed by atoms with Crippen LogP contribution in [-0.2, 0) is 4.79 Å². The number of hydrogen-bond donors (Lipinski definition) is 1. The van der Waals surface area contributed by atoms with Gasteiger partial charge in [0.05, 0.1) is 6.54 Å². The average molecular weight is 328 g/mol. The zero-order valence-electron chi connectivity index (χ0n) is 13.6. The second-order valence-corrected chi connectivity index (χ2v) is 5.81. The summed E-state index contributed by atoms with van der Waals surface area (Å²) in [5.41, 5.74) is 1.01. The first-order chi connectivity index (χ1) is 11.6. The fourth-order valence-corrected chi connectivity index (χ4v) is 2.53. The molecule has 2 amide bonds. The highest BCUT2D eigenvalue weighted by atomic mass is 16.5. The van der Waals surface area contributed by atoms with Crippen LogP contribution < -0.4 is 5.32 Å². The summed E-state index contributed by atoms with van der Waals surface area (Å²) in [6.07, 6.45) is 0. The van der Waals surface area contributed by atoms with Gasteiger partial charge in [-0.05, 0) is 7.05 Å². The van der Waals surface area contributed by atoms with E-state index in [1.54, 1.807) is 11.0 Å². The average Bonchev–Trinajstić information content (AvgIpc) is 3.11. The van der Waals surface area contributed by atoms with Gasteiger partial charge in [0.15, 0.2) is 11.5 Å². The Morgan fingerprint density at radius 3 is 2.58 bits per heavy atom. The summed E-state index contributed by atoms with van der Waals surface area (Å²) < 4.78 is 5.20. The van der Waals surface area contributed by atoms with Crippen molar-refractivity contribution in [1.29, 1.82) is 0 Å². The van der Waals surface area contributed by atoms with E-state index < -0.39 is 5.91 Å². The zero-order chi connectivity index (χ0) is 16.9. The first-order valence-corrected chi connectivity index (χ1v) is 7.90. The van der Waals surface area contributed by atoms with Crippen LogP contribution in [0.1, 0.15) is 10.5 Å². The van der Waals surface area contributed by atoms with Crippen molar-refractivity contribution in [3.05, 3.63) is 42.1 Å². The van der Waals surface area contributed by atoms with Crippen LogP contribution in [-0.4, -0.2) is 66.5 Å². The molecule has 0 radical (unpaired) electrons. The van der Waals surface area contributed by atoms with Crippen LogP contribution in [0.3, 0.4) is 0 Å². The summed E-state index contributed by atoms with van der Waals surface area (Å²) in [6.45, 7) is 3.05. The molecule has 1 fully saturated rings. The Morgan fingerprint density at radius 2 is 1.88 bits per heavy atom. The van der Waals surface area contributed by atoms with Gasteiger partial charge in [0, 0.05) is 37.8 Å². The van der Waals surface area contributed by atoms with Crippen molar-refractivity contribution in [2.75, 3.05) is 39.8 Å². The van der Waals surface area contributed by atoms with Gasteiger partial charge in [0.2, 0.25) is 5.91 Å². The van der Waals surface area contributed by atoms with Crippen molar-refractivity contribution in [3.8, 4) is 11.3 Å². The first kappa shape index (κ1) is 16.2. The molecule has 1 aromatic carbocycles. The molecule has 1 saturated heterocycles. The van der Waals surface area contributed by atoms with Gasteiger partial charge in [-0.15, -0.1) is 0 Å².